The van der Waals surface area contributed by atoms with Crippen molar-refractivity contribution in [3.05, 3.63) is 35.9 Å². The molecule has 0 aromatic heterocycles. The van der Waals surface area contributed by atoms with Crippen LogP contribution < -0.4 is 10.6 Å². The van der Waals surface area contributed by atoms with Crippen molar-refractivity contribution >= 4 is 11.9 Å². The van der Waals surface area contributed by atoms with E-state index in [9.17, 15) is 4.79 Å². The summed E-state index contributed by atoms with van der Waals surface area (Å²) >= 11 is 0. The average Bonchev–Trinajstić information content (AvgIpc) is 2.28. The van der Waals surface area contributed by atoms with Crippen LogP contribution in [0.3, 0.4) is 0 Å². The second kappa shape index (κ2) is 6.79. The summed E-state index contributed by atoms with van der Waals surface area (Å²) in [5, 5.41) is 5.93. The molecule has 0 unspecified atom stereocenters. The molecule has 4 nitrogen and oxygen atoms in total. The molecule has 4 heteroatoms. The number of carbonyl (C=O) groups excluding carboxylic acids is 1. The molecule has 0 atom stereocenters. The number of hydrogen-bond acceptors (Lipinski definition) is 2. The standard InChI is InChI=1S/C14H21N3O/c1-10(2)15-14(16-11(3)4)17-13(18)12-8-6-5-7-9-12/h5-11H,1-4H3,(H2,15,16,17,18). The minimum atomic E-state index is -0.150. The summed E-state index contributed by atoms with van der Waals surface area (Å²) < 4.78 is 0. The average molecular weight is 247 g/mol. The van der Waals surface area contributed by atoms with Gasteiger partial charge in [-0.1, -0.05) is 18.2 Å². The van der Waals surface area contributed by atoms with E-state index in [0.29, 0.717) is 11.5 Å². The van der Waals surface area contributed by atoms with Crippen molar-refractivity contribution < 1.29 is 4.79 Å². The zero-order valence-electron chi connectivity index (χ0n) is 11.4. The second-order valence-corrected chi connectivity index (χ2v) is 4.69. The van der Waals surface area contributed by atoms with Crippen molar-refractivity contribution in [3.8, 4) is 0 Å². The third kappa shape index (κ3) is 4.99. The number of aliphatic imine (C=N–C) groups is 1. The predicted octanol–water partition coefficient (Wildman–Crippen LogP) is 2.18. The largest absolute Gasteiger partial charge is 0.354 e. The van der Waals surface area contributed by atoms with Gasteiger partial charge in [-0.3, -0.25) is 15.1 Å². The van der Waals surface area contributed by atoms with Crippen molar-refractivity contribution in [2.75, 3.05) is 0 Å². The van der Waals surface area contributed by atoms with Gasteiger partial charge in [-0.15, -0.1) is 0 Å². The maximum absolute atomic E-state index is 12.0. The molecule has 1 rings (SSSR count). The van der Waals surface area contributed by atoms with E-state index in [1.807, 2.05) is 45.9 Å². The van der Waals surface area contributed by atoms with Crippen LogP contribution in [0.1, 0.15) is 38.1 Å². The first-order valence-electron chi connectivity index (χ1n) is 6.19. The molecule has 2 N–H and O–H groups in total. The van der Waals surface area contributed by atoms with Crippen LogP contribution in [0.5, 0.6) is 0 Å². The normalized spacial score (nSPS) is 11.8. The molecule has 18 heavy (non-hydrogen) atoms. The van der Waals surface area contributed by atoms with Crippen molar-refractivity contribution in [2.45, 2.75) is 39.8 Å². The topological polar surface area (TPSA) is 53.5 Å². The Labute approximate surface area is 109 Å². The number of benzene rings is 1. The molecule has 0 saturated carbocycles. The van der Waals surface area contributed by atoms with E-state index in [1.165, 1.54) is 0 Å². The minimum absolute atomic E-state index is 0.127. The van der Waals surface area contributed by atoms with Gasteiger partial charge in [0.1, 0.15) is 0 Å². The van der Waals surface area contributed by atoms with Gasteiger partial charge in [0.25, 0.3) is 5.91 Å². The summed E-state index contributed by atoms with van der Waals surface area (Å²) in [4.78, 5) is 16.3. The maximum Gasteiger partial charge on any atom is 0.257 e. The highest BCUT2D eigenvalue weighted by Gasteiger charge is 2.09. The van der Waals surface area contributed by atoms with E-state index >= 15 is 0 Å². The highest BCUT2D eigenvalue weighted by atomic mass is 16.1. The van der Waals surface area contributed by atoms with Gasteiger partial charge in [0.05, 0.1) is 0 Å². The first-order chi connectivity index (χ1) is 8.49. The fourth-order valence-corrected chi connectivity index (χ4v) is 1.41. The predicted molar refractivity (Wildman–Crippen MR) is 74.8 cm³/mol. The van der Waals surface area contributed by atoms with Gasteiger partial charge in [0.15, 0.2) is 5.96 Å². The van der Waals surface area contributed by atoms with Crippen LogP contribution in [-0.2, 0) is 0 Å². The molecule has 0 saturated heterocycles. The van der Waals surface area contributed by atoms with Crippen LogP contribution in [0.2, 0.25) is 0 Å². The molecule has 0 spiro atoms. The fourth-order valence-electron chi connectivity index (χ4n) is 1.41. The van der Waals surface area contributed by atoms with E-state index in [4.69, 9.17) is 0 Å². The number of hydrogen-bond donors (Lipinski definition) is 2. The molecule has 0 fully saturated rings. The lowest BCUT2D eigenvalue weighted by Crippen LogP contribution is -2.44. The zero-order chi connectivity index (χ0) is 13.5. The molecule has 0 heterocycles. The van der Waals surface area contributed by atoms with Gasteiger partial charge in [-0.25, -0.2) is 0 Å². The van der Waals surface area contributed by atoms with E-state index in [-0.39, 0.29) is 18.0 Å². The lowest BCUT2D eigenvalue weighted by atomic mass is 10.2. The molecule has 1 aromatic carbocycles. The van der Waals surface area contributed by atoms with Gasteiger partial charge < -0.3 is 5.32 Å². The number of nitrogens with one attached hydrogen (secondary N) is 2. The Morgan fingerprint density at radius 3 is 2.22 bits per heavy atom. The summed E-state index contributed by atoms with van der Waals surface area (Å²) in [6, 6.07) is 9.45. The van der Waals surface area contributed by atoms with Gasteiger partial charge in [-0.05, 0) is 39.8 Å². The number of amides is 1. The summed E-state index contributed by atoms with van der Waals surface area (Å²) in [6.07, 6.45) is 0. The third-order valence-electron chi connectivity index (χ3n) is 2.08. The Morgan fingerprint density at radius 1 is 1.11 bits per heavy atom. The monoisotopic (exact) mass is 247 g/mol. The Morgan fingerprint density at radius 2 is 1.72 bits per heavy atom. The summed E-state index contributed by atoms with van der Waals surface area (Å²) in [7, 11) is 0. The first kappa shape index (κ1) is 14.2. The third-order valence-corrected chi connectivity index (χ3v) is 2.08. The van der Waals surface area contributed by atoms with Crippen molar-refractivity contribution in [2.24, 2.45) is 4.99 Å². The Hall–Kier alpha value is -1.84. The lowest BCUT2D eigenvalue weighted by molar-refractivity contribution is 0.0975. The minimum Gasteiger partial charge on any atom is -0.354 e. The van der Waals surface area contributed by atoms with E-state index < -0.39 is 0 Å². The summed E-state index contributed by atoms with van der Waals surface area (Å²) in [5.74, 6) is 0.372. The highest BCUT2D eigenvalue weighted by molar-refractivity contribution is 6.05. The zero-order valence-corrected chi connectivity index (χ0v) is 11.4. The first-order valence-corrected chi connectivity index (χ1v) is 6.19. The number of rotatable bonds is 3. The number of carbonyl (C=O) groups is 1. The van der Waals surface area contributed by atoms with Crippen molar-refractivity contribution in [3.63, 3.8) is 0 Å². The number of guanidine groups is 1. The van der Waals surface area contributed by atoms with Gasteiger partial charge >= 0.3 is 0 Å². The number of nitrogens with zero attached hydrogens (tertiary/aromatic N) is 1. The molecular weight excluding hydrogens is 226 g/mol. The van der Waals surface area contributed by atoms with Crippen molar-refractivity contribution in [1.82, 2.24) is 10.6 Å². The quantitative estimate of drug-likeness (QED) is 0.635. The lowest BCUT2D eigenvalue weighted by Gasteiger charge is -2.15. The molecule has 1 aromatic rings. The van der Waals surface area contributed by atoms with E-state index in [2.05, 4.69) is 15.6 Å². The Kier molecular flexibility index (Phi) is 5.36. The highest BCUT2D eigenvalue weighted by Crippen LogP contribution is 1.98. The van der Waals surface area contributed by atoms with Crippen LogP contribution >= 0.6 is 0 Å². The van der Waals surface area contributed by atoms with Gasteiger partial charge in [0.2, 0.25) is 0 Å². The summed E-state index contributed by atoms with van der Waals surface area (Å²) in [5.41, 5.74) is 0.625. The Balaban J connectivity index is 2.75. The van der Waals surface area contributed by atoms with Crippen LogP contribution in [0.15, 0.2) is 35.3 Å². The van der Waals surface area contributed by atoms with E-state index in [1.54, 1.807) is 12.1 Å². The van der Waals surface area contributed by atoms with Gasteiger partial charge in [-0.2, -0.15) is 0 Å². The molecule has 0 bridgehead atoms. The molecule has 0 radical (unpaired) electrons. The van der Waals surface area contributed by atoms with Crippen LogP contribution in [0.4, 0.5) is 0 Å². The second-order valence-electron chi connectivity index (χ2n) is 4.69. The van der Waals surface area contributed by atoms with Crippen LogP contribution in [-0.4, -0.2) is 24.0 Å². The molecule has 0 aliphatic heterocycles. The van der Waals surface area contributed by atoms with E-state index in [0.717, 1.165) is 0 Å². The van der Waals surface area contributed by atoms with Crippen LogP contribution in [0.25, 0.3) is 0 Å². The molecule has 98 valence electrons. The molecular formula is C14H21N3O. The maximum atomic E-state index is 12.0. The van der Waals surface area contributed by atoms with Crippen LogP contribution in [0, 0.1) is 0 Å². The molecule has 0 aliphatic carbocycles. The molecule has 1 amide bonds. The summed E-state index contributed by atoms with van der Waals surface area (Å²) in [6.45, 7) is 7.95. The Bertz CT molecular complexity index is 410. The van der Waals surface area contributed by atoms with Crippen molar-refractivity contribution in [1.29, 1.82) is 0 Å². The van der Waals surface area contributed by atoms with Gasteiger partial charge in [0, 0.05) is 17.6 Å². The smallest absolute Gasteiger partial charge is 0.257 e. The molecule has 0 aliphatic rings. The SMILES string of the molecule is CC(C)N=C(NC(=O)c1ccccc1)NC(C)C. The fraction of sp³-hybridized carbons (Fsp3) is 0.429.